The largest absolute Gasteiger partial charge is 0.336 e. The van der Waals surface area contributed by atoms with Crippen LogP contribution in [0, 0.1) is 6.92 Å². The summed E-state index contributed by atoms with van der Waals surface area (Å²) >= 11 is 3.08. The van der Waals surface area contributed by atoms with Gasteiger partial charge in [-0.05, 0) is 32.0 Å². The van der Waals surface area contributed by atoms with E-state index in [1.807, 2.05) is 25.3 Å². The number of aryl methyl sites for hydroxylation is 1. The zero-order chi connectivity index (χ0) is 16.6. The summed E-state index contributed by atoms with van der Waals surface area (Å²) in [5, 5.41) is 5.70. The maximum Gasteiger partial charge on any atom is 0.254 e. The average Bonchev–Trinajstić information content (AvgIpc) is 2.92. The van der Waals surface area contributed by atoms with Gasteiger partial charge in [-0.2, -0.15) is 0 Å². The fourth-order valence-corrected chi connectivity index (χ4v) is 3.89. The number of carbonyl (C=O) groups excluding carboxylic acids is 2. The maximum atomic E-state index is 12.6. The van der Waals surface area contributed by atoms with Crippen molar-refractivity contribution in [3.8, 4) is 0 Å². The van der Waals surface area contributed by atoms with Gasteiger partial charge in [0.05, 0.1) is 28.2 Å². The van der Waals surface area contributed by atoms with Gasteiger partial charge in [-0.15, -0.1) is 23.1 Å². The van der Waals surface area contributed by atoms with Crippen LogP contribution in [-0.2, 0) is 11.3 Å². The number of hydrogen-bond acceptors (Lipinski definition) is 5. The van der Waals surface area contributed by atoms with Crippen molar-refractivity contribution in [2.75, 3.05) is 12.4 Å². The quantitative estimate of drug-likeness (QED) is 0.926. The second kappa shape index (κ2) is 6.33. The third-order valence-corrected chi connectivity index (χ3v) is 5.57. The predicted octanol–water partition coefficient (Wildman–Crippen LogP) is 3.16. The summed E-state index contributed by atoms with van der Waals surface area (Å²) in [5.41, 5.74) is 2.16. The van der Waals surface area contributed by atoms with Gasteiger partial charge in [0.2, 0.25) is 5.91 Å². The first kappa shape index (κ1) is 16.0. The maximum absolute atomic E-state index is 12.6. The Labute approximate surface area is 143 Å². The van der Waals surface area contributed by atoms with E-state index in [4.69, 9.17) is 0 Å². The number of thioether (sulfide) groups is 1. The third kappa shape index (κ3) is 3.40. The van der Waals surface area contributed by atoms with E-state index >= 15 is 0 Å². The number of amides is 2. The Morgan fingerprint density at radius 1 is 1.43 bits per heavy atom. The molecule has 0 radical (unpaired) electrons. The highest BCUT2D eigenvalue weighted by molar-refractivity contribution is 8.00. The number of hydrogen-bond donors (Lipinski definition) is 1. The highest BCUT2D eigenvalue weighted by Crippen LogP contribution is 2.36. The van der Waals surface area contributed by atoms with E-state index in [-0.39, 0.29) is 17.1 Å². The zero-order valence-electron chi connectivity index (χ0n) is 13.1. The normalized spacial score (nSPS) is 16.7. The van der Waals surface area contributed by atoms with Crippen LogP contribution < -0.4 is 5.32 Å². The summed E-state index contributed by atoms with van der Waals surface area (Å²) in [4.78, 5) is 31.4. The zero-order valence-corrected chi connectivity index (χ0v) is 14.8. The Bertz CT molecular complexity index is 772. The molecule has 2 heterocycles. The van der Waals surface area contributed by atoms with Crippen LogP contribution >= 0.6 is 23.1 Å². The Morgan fingerprint density at radius 2 is 2.22 bits per heavy atom. The van der Waals surface area contributed by atoms with E-state index < -0.39 is 0 Å². The Kier molecular flexibility index (Phi) is 4.41. The number of nitrogens with one attached hydrogen (secondary N) is 1. The first-order valence-electron chi connectivity index (χ1n) is 7.22. The van der Waals surface area contributed by atoms with Gasteiger partial charge in [0, 0.05) is 22.9 Å². The van der Waals surface area contributed by atoms with Crippen LogP contribution in [0.4, 0.5) is 5.69 Å². The van der Waals surface area contributed by atoms with Crippen LogP contribution in [-0.4, -0.2) is 34.0 Å². The van der Waals surface area contributed by atoms with Crippen LogP contribution in [0.1, 0.15) is 28.0 Å². The van der Waals surface area contributed by atoms with E-state index in [0.29, 0.717) is 17.8 Å². The van der Waals surface area contributed by atoms with Gasteiger partial charge < -0.3 is 10.2 Å². The van der Waals surface area contributed by atoms with Crippen molar-refractivity contribution in [3.63, 3.8) is 0 Å². The monoisotopic (exact) mass is 347 g/mol. The molecule has 1 aliphatic heterocycles. The fourth-order valence-electron chi connectivity index (χ4n) is 2.36. The molecule has 0 fully saturated rings. The fraction of sp³-hybridized carbons (Fsp3) is 0.312. The molecule has 1 aromatic carbocycles. The lowest BCUT2D eigenvalue weighted by Gasteiger charge is -2.22. The van der Waals surface area contributed by atoms with E-state index in [2.05, 4.69) is 10.3 Å². The number of rotatable bonds is 3. The summed E-state index contributed by atoms with van der Waals surface area (Å²) in [6.45, 7) is 4.28. The molecule has 2 aromatic rings. The molecule has 120 valence electrons. The molecule has 0 bridgehead atoms. The highest BCUT2D eigenvalue weighted by atomic mass is 32.2. The van der Waals surface area contributed by atoms with Crippen molar-refractivity contribution in [3.05, 3.63) is 39.8 Å². The van der Waals surface area contributed by atoms with Crippen LogP contribution in [0.3, 0.4) is 0 Å². The molecule has 0 aliphatic carbocycles. The van der Waals surface area contributed by atoms with Gasteiger partial charge in [-0.3, -0.25) is 9.59 Å². The number of nitrogens with zero attached hydrogens (tertiary/aromatic N) is 2. The Morgan fingerprint density at radius 3 is 2.91 bits per heavy atom. The number of thiazole rings is 1. The molecule has 1 atom stereocenters. The predicted molar refractivity (Wildman–Crippen MR) is 93.0 cm³/mol. The number of fused-ring (bicyclic) bond motifs is 1. The van der Waals surface area contributed by atoms with Crippen LogP contribution in [0.25, 0.3) is 0 Å². The molecule has 0 spiro atoms. The first-order chi connectivity index (χ1) is 10.9. The van der Waals surface area contributed by atoms with Gasteiger partial charge in [0.15, 0.2) is 0 Å². The van der Waals surface area contributed by atoms with Crippen LogP contribution in [0.2, 0.25) is 0 Å². The minimum Gasteiger partial charge on any atom is -0.336 e. The molecule has 1 aliphatic rings. The standard InChI is InChI=1S/C16H17N3O2S2/c1-9-15(20)18-13-6-11(4-5-14(13)23-9)16(21)19(3)7-12-8-22-10(2)17-12/h4-6,8-9H,7H2,1-3H3,(H,18,20). The number of aromatic nitrogens is 1. The molecule has 5 nitrogen and oxygen atoms in total. The van der Waals surface area contributed by atoms with Gasteiger partial charge in [0.25, 0.3) is 5.91 Å². The summed E-state index contributed by atoms with van der Waals surface area (Å²) in [7, 11) is 1.76. The van der Waals surface area contributed by atoms with Crippen LogP contribution in [0.5, 0.6) is 0 Å². The van der Waals surface area contributed by atoms with Crippen LogP contribution in [0.15, 0.2) is 28.5 Å². The van der Waals surface area contributed by atoms with E-state index in [9.17, 15) is 9.59 Å². The van der Waals surface area contributed by atoms with E-state index in [0.717, 1.165) is 15.6 Å². The molecule has 7 heteroatoms. The third-order valence-electron chi connectivity index (χ3n) is 3.57. The lowest BCUT2D eigenvalue weighted by Crippen LogP contribution is -2.28. The second-order valence-corrected chi connectivity index (χ2v) is 7.92. The number of benzene rings is 1. The first-order valence-corrected chi connectivity index (χ1v) is 8.98. The molecular weight excluding hydrogens is 330 g/mol. The Balaban J connectivity index is 1.77. The molecule has 3 rings (SSSR count). The van der Waals surface area contributed by atoms with Crippen molar-refractivity contribution in [1.82, 2.24) is 9.88 Å². The van der Waals surface area contributed by atoms with Crippen molar-refractivity contribution in [1.29, 1.82) is 0 Å². The van der Waals surface area contributed by atoms with Crippen molar-refractivity contribution >= 4 is 40.6 Å². The molecule has 23 heavy (non-hydrogen) atoms. The lowest BCUT2D eigenvalue weighted by molar-refractivity contribution is -0.115. The van der Waals surface area contributed by atoms with Crippen molar-refractivity contribution in [2.24, 2.45) is 0 Å². The molecule has 1 unspecified atom stereocenters. The van der Waals surface area contributed by atoms with Gasteiger partial charge in [0.1, 0.15) is 0 Å². The minimum atomic E-state index is -0.111. The lowest BCUT2D eigenvalue weighted by atomic mass is 10.1. The van der Waals surface area contributed by atoms with E-state index in [1.54, 1.807) is 35.4 Å². The Hall–Kier alpha value is -1.86. The molecular formula is C16H17N3O2S2. The number of carbonyl (C=O) groups is 2. The summed E-state index contributed by atoms with van der Waals surface area (Å²) in [6, 6.07) is 5.45. The SMILES string of the molecule is Cc1nc(CN(C)C(=O)c2ccc3c(c2)NC(=O)C(C)S3)cs1. The number of anilines is 1. The van der Waals surface area contributed by atoms with Gasteiger partial charge >= 0.3 is 0 Å². The van der Waals surface area contributed by atoms with Gasteiger partial charge in [-0.25, -0.2) is 4.98 Å². The average molecular weight is 347 g/mol. The molecule has 2 amide bonds. The summed E-state index contributed by atoms with van der Waals surface area (Å²) in [5.74, 6) is -0.116. The molecule has 0 saturated heterocycles. The highest BCUT2D eigenvalue weighted by Gasteiger charge is 2.24. The minimum absolute atomic E-state index is 0.0293. The summed E-state index contributed by atoms with van der Waals surface area (Å²) in [6.07, 6.45) is 0. The summed E-state index contributed by atoms with van der Waals surface area (Å²) < 4.78 is 0. The van der Waals surface area contributed by atoms with E-state index in [1.165, 1.54) is 11.8 Å². The van der Waals surface area contributed by atoms with Crippen molar-refractivity contribution in [2.45, 2.75) is 30.5 Å². The van der Waals surface area contributed by atoms with Crippen molar-refractivity contribution < 1.29 is 9.59 Å². The molecule has 0 saturated carbocycles. The smallest absolute Gasteiger partial charge is 0.254 e. The molecule has 1 N–H and O–H groups in total. The molecule has 1 aromatic heterocycles. The second-order valence-electron chi connectivity index (χ2n) is 5.48. The van der Waals surface area contributed by atoms with Gasteiger partial charge in [-0.1, -0.05) is 0 Å². The topological polar surface area (TPSA) is 62.3 Å².